The molecule has 1 heterocycles. The van der Waals surface area contributed by atoms with E-state index in [1.165, 1.54) is 19.2 Å². The van der Waals surface area contributed by atoms with Gasteiger partial charge in [-0.3, -0.25) is 0 Å². The Morgan fingerprint density at radius 2 is 1.77 bits per heavy atom. The third kappa shape index (κ3) is 3.67. The lowest BCUT2D eigenvalue weighted by molar-refractivity contribution is 0.0599. The fourth-order valence-corrected chi connectivity index (χ4v) is 3.53. The van der Waals surface area contributed by atoms with Crippen LogP contribution in [0.15, 0.2) is 41.3 Å². The van der Waals surface area contributed by atoms with Crippen LogP contribution in [0.3, 0.4) is 0 Å². The Balaban J connectivity index is 1.95. The highest BCUT2D eigenvalue weighted by molar-refractivity contribution is 7.90. The van der Waals surface area contributed by atoms with Gasteiger partial charge in [0, 0.05) is 24.3 Å². The Kier molecular flexibility index (Phi) is 4.44. The van der Waals surface area contributed by atoms with Crippen LogP contribution < -0.4 is 9.47 Å². The van der Waals surface area contributed by atoms with Gasteiger partial charge in [-0.25, -0.2) is 13.2 Å². The van der Waals surface area contributed by atoms with Crippen molar-refractivity contribution < 1.29 is 27.4 Å². The number of methoxy groups -OCH3 is 1. The zero-order valence-corrected chi connectivity index (χ0v) is 15.8. The standard InChI is InChI=1S/C19H20O6S/c1-19(2)11-16-15(18(20)23-3)9-13(10-17(16)25-19)24-12-5-7-14(8-6-12)26(4,21)22/h5-10H,11H2,1-4H3. The summed E-state index contributed by atoms with van der Waals surface area (Å²) in [5.74, 6) is 0.987. The molecule has 3 rings (SSSR count). The molecule has 0 bridgehead atoms. The van der Waals surface area contributed by atoms with Crippen LogP contribution in [0.4, 0.5) is 0 Å². The first kappa shape index (κ1) is 18.3. The van der Waals surface area contributed by atoms with Crippen molar-refractivity contribution in [1.82, 2.24) is 0 Å². The quantitative estimate of drug-likeness (QED) is 0.761. The summed E-state index contributed by atoms with van der Waals surface area (Å²) in [7, 11) is -1.95. The predicted molar refractivity (Wildman–Crippen MR) is 95.8 cm³/mol. The number of carbonyl (C=O) groups is 1. The van der Waals surface area contributed by atoms with Crippen molar-refractivity contribution in [2.45, 2.75) is 30.8 Å². The molecular weight excluding hydrogens is 356 g/mol. The number of hydrogen-bond donors (Lipinski definition) is 0. The second-order valence-electron chi connectivity index (χ2n) is 6.82. The molecule has 0 N–H and O–H groups in total. The molecule has 0 saturated heterocycles. The Labute approximate surface area is 152 Å². The molecule has 138 valence electrons. The van der Waals surface area contributed by atoms with Crippen LogP contribution in [0.25, 0.3) is 0 Å². The van der Waals surface area contributed by atoms with Gasteiger partial charge in [0.1, 0.15) is 22.8 Å². The van der Waals surface area contributed by atoms with Gasteiger partial charge in [-0.2, -0.15) is 0 Å². The highest BCUT2D eigenvalue weighted by Crippen LogP contribution is 2.41. The Bertz CT molecular complexity index is 958. The molecule has 1 aliphatic heterocycles. The summed E-state index contributed by atoms with van der Waals surface area (Å²) in [4.78, 5) is 12.4. The van der Waals surface area contributed by atoms with Crippen molar-refractivity contribution in [3.05, 3.63) is 47.5 Å². The van der Waals surface area contributed by atoms with Crippen molar-refractivity contribution in [3.8, 4) is 17.2 Å². The van der Waals surface area contributed by atoms with Gasteiger partial charge in [-0.15, -0.1) is 0 Å². The highest BCUT2D eigenvalue weighted by Gasteiger charge is 2.34. The zero-order chi connectivity index (χ0) is 19.1. The summed E-state index contributed by atoms with van der Waals surface area (Å²) in [6, 6.07) is 9.40. The third-order valence-corrected chi connectivity index (χ3v) is 5.19. The molecule has 0 aromatic heterocycles. The van der Waals surface area contributed by atoms with E-state index in [1.54, 1.807) is 24.3 Å². The van der Waals surface area contributed by atoms with Gasteiger partial charge in [0.15, 0.2) is 9.84 Å². The SMILES string of the molecule is COC(=O)c1cc(Oc2ccc(S(C)(=O)=O)cc2)cc2c1CC(C)(C)O2. The number of benzene rings is 2. The van der Waals surface area contributed by atoms with Crippen molar-refractivity contribution in [3.63, 3.8) is 0 Å². The lowest BCUT2D eigenvalue weighted by atomic mass is 9.97. The smallest absolute Gasteiger partial charge is 0.338 e. The number of ether oxygens (including phenoxy) is 3. The van der Waals surface area contributed by atoms with Gasteiger partial charge in [-0.1, -0.05) is 0 Å². The molecule has 6 nitrogen and oxygen atoms in total. The summed E-state index contributed by atoms with van der Waals surface area (Å²) in [5, 5.41) is 0. The molecule has 1 aliphatic rings. The summed E-state index contributed by atoms with van der Waals surface area (Å²) in [6.45, 7) is 3.89. The van der Waals surface area contributed by atoms with Crippen LogP contribution in [0.1, 0.15) is 29.8 Å². The molecule has 0 fully saturated rings. The molecule has 0 aliphatic carbocycles. The summed E-state index contributed by atoms with van der Waals surface area (Å²) in [6.07, 6.45) is 1.74. The maximum atomic E-state index is 12.1. The fraction of sp³-hybridized carbons (Fsp3) is 0.316. The van der Waals surface area contributed by atoms with Crippen LogP contribution in [0.2, 0.25) is 0 Å². The Morgan fingerprint density at radius 1 is 1.12 bits per heavy atom. The largest absolute Gasteiger partial charge is 0.487 e. The van der Waals surface area contributed by atoms with E-state index in [4.69, 9.17) is 14.2 Å². The second-order valence-corrected chi connectivity index (χ2v) is 8.84. The van der Waals surface area contributed by atoms with Gasteiger partial charge in [0.25, 0.3) is 0 Å². The monoisotopic (exact) mass is 376 g/mol. The average molecular weight is 376 g/mol. The van der Waals surface area contributed by atoms with Crippen molar-refractivity contribution in [2.24, 2.45) is 0 Å². The molecule has 0 radical (unpaired) electrons. The molecule has 2 aromatic rings. The molecule has 2 aromatic carbocycles. The third-order valence-electron chi connectivity index (χ3n) is 4.06. The summed E-state index contributed by atoms with van der Waals surface area (Å²) in [5.41, 5.74) is 0.779. The van der Waals surface area contributed by atoms with E-state index in [9.17, 15) is 13.2 Å². The van der Waals surface area contributed by atoms with Gasteiger partial charge in [-0.05, 0) is 44.2 Å². The Morgan fingerprint density at radius 3 is 2.35 bits per heavy atom. The fourth-order valence-electron chi connectivity index (χ4n) is 2.89. The molecule has 0 unspecified atom stereocenters. The Hall–Kier alpha value is -2.54. The number of rotatable bonds is 4. The molecule has 0 spiro atoms. The minimum Gasteiger partial charge on any atom is -0.487 e. The molecule has 26 heavy (non-hydrogen) atoms. The normalized spacial score (nSPS) is 15.1. The summed E-state index contributed by atoms with van der Waals surface area (Å²) < 4.78 is 39.6. The van der Waals surface area contributed by atoms with Gasteiger partial charge in [0.05, 0.1) is 17.6 Å². The zero-order valence-electron chi connectivity index (χ0n) is 15.0. The van der Waals surface area contributed by atoms with E-state index in [1.807, 2.05) is 13.8 Å². The van der Waals surface area contributed by atoms with Crippen LogP contribution >= 0.6 is 0 Å². The van der Waals surface area contributed by atoms with Crippen LogP contribution in [-0.4, -0.2) is 33.4 Å². The first-order valence-corrected chi connectivity index (χ1v) is 9.90. The average Bonchev–Trinajstić information content (AvgIpc) is 2.87. The maximum absolute atomic E-state index is 12.1. The van der Waals surface area contributed by atoms with Crippen LogP contribution in [-0.2, 0) is 21.0 Å². The molecule has 0 atom stereocenters. The highest BCUT2D eigenvalue weighted by atomic mass is 32.2. The predicted octanol–water partition coefficient (Wildman–Crippen LogP) is 3.38. The van der Waals surface area contributed by atoms with E-state index in [0.717, 1.165) is 11.8 Å². The maximum Gasteiger partial charge on any atom is 0.338 e. The number of esters is 1. The number of hydrogen-bond acceptors (Lipinski definition) is 6. The van der Waals surface area contributed by atoms with Crippen molar-refractivity contribution >= 4 is 15.8 Å². The van der Waals surface area contributed by atoms with E-state index >= 15 is 0 Å². The summed E-state index contributed by atoms with van der Waals surface area (Å²) >= 11 is 0. The van der Waals surface area contributed by atoms with Crippen LogP contribution in [0, 0.1) is 0 Å². The lowest BCUT2D eigenvalue weighted by Crippen LogP contribution is -2.25. The van der Waals surface area contributed by atoms with E-state index in [2.05, 4.69) is 0 Å². The van der Waals surface area contributed by atoms with Gasteiger partial charge < -0.3 is 14.2 Å². The van der Waals surface area contributed by atoms with Gasteiger partial charge >= 0.3 is 5.97 Å². The minimum absolute atomic E-state index is 0.208. The molecule has 0 saturated carbocycles. The van der Waals surface area contributed by atoms with E-state index in [-0.39, 0.29) is 4.90 Å². The first-order valence-electron chi connectivity index (χ1n) is 8.01. The van der Waals surface area contributed by atoms with E-state index < -0.39 is 21.4 Å². The van der Waals surface area contributed by atoms with Gasteiger partial charge in [0.2, 0.25) is 0 Å². The first-order chi connectivity index (χ1) is 12.1. The van der Waals surface area contributed by atoms with E-state index in [0.29, 0.717) is 29.2 Å². The van der Waals surface area contributed by atoms with Crippen LogP contribution in [0.5, 0.6) is 17.2 Å². The topological polar surface area (TPSA) is 78.9 Å². The minimum atomic E-state index is -3.27. The number of fused-ring (bicyclic) bond motifs is 1. The second kappa shape index (κ2) is 6.32. The molecule has 0 amide bonds. The van der Waals surface area contributed by atoms with Crippen molar-refractivity contribution in [2.75, 3.05) is 13.4 Å². The molecule has 7 heteroatoms. The lowest BCUT2D eigenvalue weighted by Gasteiger charge is -2.16. The molecular formula is C19H20O6S. The van der Waals surface area contributed by atoms with Crippen molar-refractivity contribution in [1.29, 1.82) is 0 Å². The number of carbonyl (C=O) groups excluding carboxylic acids is 1. The number of sulfone groups is 1.